The predicted octanol–water partition coefficient (Wildman–Crippen LogP) is 4.78. The van der Waals surface area contributed by atoms with Crippen LogP contribution in [0.4, 0.5) is 26.1 Å². The maximum absolute atomic E-state index is 13.8. The van der Waals surface area contributed by atoms with Gasteiger partial charge in [-0.1, -0.05) is 6.07 Å². The van der Waals surface area contributed by atoms with Crippen molar-refractivity contribution < 1.29 is 18.4 Å². The Morgan fingerprint density at radius 3 is 2.63 bits per heavy atom. The van der Waals surface area contributed by atoms with Crippen LogP contribution < -0.4 is 20.4 Å². The van der Waals surface area contributed by atoms with Gasteiger partial charge in [-0.15, -0.1) is 0 Å². The van der Waals surface area contributed by atoms with Crippen LogP contribution in [0.15, 0.2) is 42.7 Å². The molecule has 6 rings (SSSR count). The number of halogens is 2. The molecular formula is C26H27F2N5O2. The second-order valence-electron chi connectivity index (χ2n) is 9.19. The van der Waals surface area contributed by atoms with Crippen LogP contribution >= 0.6 is 0 Å². The van der Waals surface area contributed by atoms with Crippen molar-refractivity contribution in [2.24, 2.45) is 0 Å². The molecule has 1 aromatic heterocycles. The topological polar surface area (TPSA) is 71.5 Å². The summed E-state index contributed by atoms with van der Waals surface area (Å²) in [5, 5.41) is 8.41. The van der Waals surface area contributed by atoms with E-state index in [4.69, 9.17) is 9.57 Å². The zero-order valence-electron chi connectivity index (χ0n) is 19.3. The van der Waals surface area contributed by atoms with Crippen molar-refractivity contribution in [3.05, 3.63) is 71.1 Å². The van der Waals surface area contributed by atoms with Crippen molar-refractivity contribution in [3.63, 3.8) is 0 Å². The number of hydrogen-bond acceptors (Lipinski definition) is 7. The van der Waals surface area contributed by atoms with E-state index in [0.29, 0.717) is 42.8 Å². The minimum Gasteiger partial charge on any atom is -0.491 e. The van der Waals surface area contributed by atoms with E-state index < -0.39 is 11.6 Å². The first kappa shape index (κ1) is 22.2. The van der Waals surface area contributed by atoms with Crippen molar-refractivity contribution in [2.75, 3.05) is 36.7 Å². The molecule has 0 radical (unpaired) electrons. The van der Waals surface area contributed by atoms with Gasteiger partial charge in [0.1, 0.15) is 29.5 Å². The summed E-state index contributed by atoms with van der Waals surface area (Å²) >= 11 is 0. The molecule has 2 N–H and O–H groups in total. The van der Waals surface area contributed by atoms with Crippen LogP contribution in [0.2, 0.25) is 0 Å². The Morgan fingerprint density at radius 2 is 1.80 bits per heavy atom. The van der Waals surface area contributed by atoms with Gasteiger partial charge < -0.3 is 15.4 Å². The summed E-state index contributed by atoms with van der Waals surface area (Å²) in [5.41, 5.74) is 4.05. The third kappa shape index (κ3) is 4.41. The summed E-state index contributed by atoms with van der Waals surface area (Å²) in [4.78, 5) is 14.5. The lowest BCUT2D eigenvalue weighted by atomic mass is 9.86. The SMILES string of the molecule is Fc1cc(F)cc(C2CCON2c2cc(Nc3ccc(C4CCNCC4)c4c3OCC4)ncn2)c1. The fourth-order valence-corrected chi connectivity index (χ4v) is 5.37. The highest BCUT2D eigenvalue weighted by molar-refractivity contribution is 5.70. The van der Waals surface area contributed by atoms with Gasteiger partial charge in [-0.2, -0.15) is 0 Å². The van der Waals surface area contributed by atoms with Gasteiger partial charge in [-0.05, 0) is 61.2 Å². The number of anilines is 3. The Hall–Kier alpha value is -3.30. The fourth-order valence-electron chi connectivity index (χ4n) is 5.37. The van der Waals surface area contributed by atoms with Crippen LogP contribution in [-0.2, 0) is 11.3 Å². The number of piperidine rings is 1. The summed E-state index contributed by atoms with van der Waals surface area (Å²) < 4.78 is 33.7. The van der Waals surface area contributed by atoms with Crippen LogP contribution in [-0.4, -0.2) is 36.3 Å². The van der Waals surface area contributed by atoms with Crippen molar-refractivity contribution in [2.45, 2.75) is 37.6 Å². The molecule has 1 unspecified atom stereocenters. The van der Waals surface area contributed by atoms with Crippen LogP contribution in [0.1, 0.15) is 47.9 Å². The number of rotatable bonds is 5. The van der Waals surface area contributed by atoms with Crippen molar-refractivity contribution >= 4 is 17.3 Å². The molecule has 0 amide bonds. The maximum atomic E-state index is 13.8. The van der Waals surface area contributed by atoms with Crippen LogP contribution in [0.5, 0.6) is 5.75 Å². The lowest BCUT2D eigenvalue weighted by Gasteiger charge is -2.25. The molecule has 4 heterocycles. The molecule has 9 heteroatoms. The highest BCUT2D eigenvalue weighted by atomic mass is 19.1. The van der Waals surface area contributed by atoms with Gasteiger partial charge in [-0.25, -0.2) is 23.8 Å². The predicted molar refractivity (Wildman–Crippen MR) is 128 cm³/mol. The van der Waals surface area contributed by atoms with Gasteiger partial charge in [0.2, 0.25) is 0 Å². The van der Waals surface area contributed by atoms with Gasteiger partial charge in [0, 0.05) is 30.5 Å². The largest absolute Gasteiger partial charge is 0.491 e. The van der Waals surface area contributed by atoms with E-state index in [1.54, 1.807) is 11.1 Å². The van der Waals surface area contributed by atoms with Gasteiger partial charge in [0.15, 0.2) is 5.82 Å². The molecule has 2 saturated heterocycles. The Balaban J connectivity index is 1.26. The zero-order chi connectivity index (χ0) is 23.8. The number of aromatic nitrogens is 2. The monoisotopic (exact) mass is 479 g/mol. The number of nitrogens with one attached hydrogen (secondary N) is 2. The average molecular weight is 480 g/mol. The highest BCUT2D eigenvalue weighted by Crippen LogP contribution is 2.42. The molecule has 0 aliphatic carbocycles. The van der Waals surface area contributed by atoms with Gasteiger partial charge in [-0.3, -0.25) is 4.84 Å². The summed E-state index contributed by atoms with van der Waals surface area (Å²) in [6, 6.07) is 9.24. The molecule has 3 aliphatic rings. The zero-order valence-corrected chi connectivity index (χ0v) is 19.3. The minimum absolute atomic E-state index is 0.347. The molecule has 0 spiro atoms. The molecule has 2 fully saturated rings. The van der Waals surface area contributed by atoms with E-state index in [9.17, 15) is 8.78 Å². The second kappa shape index (κ2) is 9.39. The van der Waals surface area contributed by atoms with E-state index in [1.807, 2.05) is 0 Å². The van der Waals surface area contributed by atoms with Crippen molar-refractivity contribution in [1.29, 1.82) is 0 Å². The van der Waals surface area contributed by atoms with Gasteiger partial charge >= 0.3 is 0 Å². The normalized spacial score (nSPS) is 20.1. The Bertz CT molecular complexity index is 1210. The van der Waals surface area contributed by atoms with Crippen LogP contribution in [0.25, 0.3) is 0 Å². The first-order valence-corrected chi connectivity index (χ1v) is 12.1. The summed E-state index contributed by atoms with van der Waals surface area (Å²) in [7, 11) is 0. The molecule has 35 heavy (non-hydrogen) atoms. The Morgan fingerprint density at radius 1 is 0.971 bits per heavy atom. The van der Waals surface area contributed by atoms with Crippen LogP contribution in [0, 0.1) is 11.6 Å². The first-order chi connectivity index (χ1) is 17.2. The number of fused-ring (bicyclic) bond motifs is 1. The minimum atomic E-state index is -0.612. The summed E-state index contributed by atoms with van der Waals surface area (Å²) in [5.74, 6) is 1.33. The molecule has 7 nitrogen and oxygen atoms in total. The molecule has 2 aromatic carbocycles. The van der Waals surface area contributed by atoms with Crippen LogP contribution in [0.3, 0.4) is 0 Å². The smallest absolute Gasteiger partial charge is 0.158 e. The molecule has 0 saturated carbocycles. The summed E-state index contributed by atoms with van der Waals surface area (Å²) in [6.07, 6.45) is 5.23. The first-order valence-electron chi connectivity index (χ1n) is 12.1. The summed E-state index contributed by atoms with van der Waals surface area (Å²) in [6.45, 7) is 3.20. The third-order valence-corrected chi connectivity index (χ3v) is 6.99. The quantitative estimate of drug-likeness (QED) is 0.546. The number of nitrogens with zero attached hydrogens (tertiary/aromatic N) is 3. The van der Waals surface area contributed by atoms with E-state index in [1.165, 1.54) is 29.6 Å². The standard InChI is InChI=1S/C26H27F2N5O2/c27-18-11-17(12-19(28)13-18)23-6-10-35-33(23)25-14-24(30-15-31-25)32-22-2-1-20(16-3-7-29-8-4-16)21-5-9-34-26(21)22/h1-2,11-16,23,29H,3-10H2,(H,30,31,32). The third-order valence-electron chi connectivity index (χ3n) is 6.99. The second-order valence-corrected chi connectivity index (χ2v) is 9.19. The number of ether oxygens (including phenoxy) is 1. The van der Waals surface area contributed by atoms with Crippen molar-refractivity contribution in [3.8, 4) is 5.75 Å². The average Bonchev–Trinajstić information content (AvgIpc) is 3.55. The van der Waals surface area contributed by atoms with Gasteiger partial charge in [0.05, 0.1) is 24.9 Å². The lowest BCUT2D eigenvalue weighted by Crippen LogP contribution is -2.27. The van der Waals surface area contributed by atoms with E-state index >= 15 is 0 Å². The Kier molecular flexibility index (Phi) is 5.95. The fraction of sp³-hybridized carbons (Fsp3) is 0.385. The molecule has 0 bridgehead atoms. The molecule has 3 aromatic rings. The number of benzene rings is 2. The highest BCUT2D eigenvalue weighted by Gasteiger charge is 2.30. The van der Waals surface area contributed by atoms with E-state index in [-0.39, 0.29) is 6.04 Å². The maximum Gasteiger partial charge on any atom is 0.158 e. The lowest BCUT2D eigenvalue weighted by molar-refractivity contribution is 0.156. The number of hydroxylamine groups is 1. The molecule has 182 valence electrons. The molecule has 3 aliphatic heterocycles. The van der Waals surface area contributed by atoms with E-state index in [2.05, 4.69) is 32.7 Å². The van der Waals surface area contributed by atoms with Gasteiger partial charge in [0.25, 0.3) is 0 Å². The molecular weight excluding hydrogens is 452 g/mol. The molecule has 1 atom stereocenters. The Labute approximate surface area is 202 Å². The van der Waals surface area contributed by atoms with Crippen molar-refractivity contribution in [1.82, 2.24) is 15.3 Å². The number of hydrogen-bond donors (Lipinski definition) is 2. The van der Waals surface area contributed by atoms with E-state index in [0.717, 1.165) is 49.9 Å².